The van der Waals surface area contributed by atoms with Crippen molar-refractivity contribution in [2.75, 3.05) is 18.4 Å². The van der Waals surface area contributed by atoms with Gasteiger partial charge in [0.1, 0.15) is 25.3 Å². The first-order valence-corrected chi connectivity index (χ1v) is 8.95. The van der Waals surface area contributed by atoms with Crippen LogP contribution in [-0.4, -0.2) is 31.2 Å². The van der Waals surface area contributed by atoms with Crippen LogP contribution in [0.15, 0.2) is 54.6 Å². The lowest BCUT2D eigenvalue weighted by Crippen LogP contribution is -3.16. The molecule has 4 heteroatoms. The van der Waals surface area contributed by atoms with Crippen molar-refractivity contribution in [1.82, 2.24) is 0 Å². The molecule has 2 N–H and O–H groups in total. The van der Waals surface area contributed by atoms with Gasteiger partial charge < -0.3 is 15.0 Å². The van der Waals surface area contributed by atoms with E-state index in [9.17, 15) is 4.79 Å². The summed E-state index contributed by atoms with van der Waals surface area (Å²) in [5.41, 5.74) is 3.06. The number of aryl methyl sites for hydroxylation is 1. The van der Waals surface area contributed by atoms with Crippen LogP contribution in [0.5, 0.6) is 0 Å². The van der Waals surface area contributed by atoms with Crippen LogP contribution in [0.3, 0.4) is 0 Å². The van der Waals surface area contributed by atoms with Crippen molar-refractivity contribution in [3.63, 3.8) is 0 Å². The highest BCUT2D eigenvalue weighted by atomic mass is 16.5. The summed E-state index contributed by atoms with van der Waals surface area (Å²) in [5.74, 6) is 0.0337. The maximum absolute atomic E-state index is 13.1. The number of hydrogen-bond acceptors (Lipinski definition) is 2. The number of rotatable bonds is 4. The number of amides is 1. The Balaban J connectivity index is 1.85. The van der Waals surface area contributed by atoms with E-state index in [1.165, 1.54) is 10.5 Å². The molecule has 0 saturated carbocycles. The molecular weight excluding hydrogens is 312 g/mol. The van der Waals surface area contributed by atoms with Crippen molar-refractivity contribution < 1.29 is 14.4 Å². The number of hydrogen-bond donors (Lipinski definition) is 2. The van der Waals surface area contributed by atoms with Crippen molar-refractivity contribution in [3.05, 3.63) is 65.7 Å². The lowest BCUT2D eigenvalue weighted by Gasteiger charge is -2.36. The van der Waals surface area contributed by atoms with Gasteiger partial charge >= 0.3 is 0 Å². The van der Waals surface area contributed by atoms with Gasteiger partial charge in [-0.25, -0.2) is 0 Å². The number of quaternary nitrogens is 1. The molecule has 4 atom stereocenters. The van der Waals surface area contributed by atoms with E-state index in [-0.39, 0.29) is 24.2 Å². The minimum absolute atomic E-state index is 0.0337. The molecule has 2 aromatic rings. The molecule has 1 saturated heterocycles. The second-order valence-corrected chi connectivity index (χ2v) is 7.02. The van der Waals surface area contributed by atoms with Crippen LogP contribution in [-0.2, 0) is 9.53 Å². The third kappa shape index (κ3) is 4.47. The van der Waals surface area contributed by atoms with Crippen LogP contribution < -0.4 is 10.2 Å². The van der Waals surface area contributed by atoms with Gasteiger partial charge in [-0.2, -0.15) is 0 Å². The van der Waals surface area contributed by atoms with Crippen molar-refractivity contribution in [2.45, 2.75) is 39.0 Å². The Morgan fingerprint density at radius 1 is 1.04 bits per heavy atom. The fourth-order valence-corrected chi connectivity index (χ4v) is 3.62. The second kappa shape index (κ2) is 7.81. The zero-order chi connectivity index (χ0) is 17.8. The summed E-state index contributed by atoms with van der Waals surface area (Å²) in [4.78, 5) is 14.4. The standard InChI is InChI=1S/C21H26N2O2/c1-15-9-11-19(12-10-15)22-21(24)20(18-7-5-4-6-8-18)23-13-16(2)25-17(3)14-23/h4-12,16-17,20H,13-14H2,1-3H3,(H,22,24)/p+1/t16-,17+,20-/m1/s1. The summed E-state index contributed by atoms with van der Waals surface area (Å²) in [7, 11) is 0. The number of carbonyl (C=O) groups is 1. The summed E-state index contributed by atoms with van der Waals surface area (Å²) in [6.45, 7) is 7.85. The van der Waals surface area contributed by atoms with Crippen LogP contribution in [0, 0.1) is 6.92 Å². The lowest BCUT2D eigenvalue weighted by molar-refractivity contribution is -0.936. The Kier molecular flexibility index (Phi) is 5.51. The van der Waals surface area contributed by atoms with E-state index in [0.29, 0.717) is 0 Å². The maximum Gasteiger partial charge on any atom is 0.287 e. The largest absolute Gasteiger partial charge is 0.364 e. The molecule has 132 valence electrons. The molecule has 0 bridgehead atoms. The van der Waals surface area contributed by atoms with Crippen LogP contribution >= 0.6 is 0 Å². The van der Waals surface area contributed by atoms with Gasteiger partial charge in [0.25, 0.3) is 5.91 Å². The van der Waals surface area contributed by atoms with Gasteiger partial charge in [-0.15, -0.1) is 0 Å². The average Bonchev–Trinajstić information content (AvgIpc) is 2.57. The maximum atomic E-state index is 13.1. The van der Waals surface area contributed by atoms with E-state index in [0.717, 1.165) is 24.3 Å². The van der Waals surface area contributed by atoms with Crippen LogP contribution in [0.1, 0.15) is 31.0 Å². The molecule has 1 aliphatic rings. The fraction of sp³-hybridized carbons (Fsp3) is 0.381. The van der Waals surface area contributed by atoms with Crippen molar-refractivity contribution >= 4 is 11.6 Å². The molecule has 4 nitrogen and oxygen atoms in total. The molecule has 1 unspecified atom stereocenters. The molecule has 3 rings (SSSR count). The zero-order valence-electron chi connectivity index (χ0n) is 15.2. The number of benzene rings is 2. The molecule has 1 amide bonds. The summed E-state index contributed by atoms with van der Waals surface area (Å²) < 4.78 is 5.86. The Morgan fingerprint density at radius 3 is 2.24 bits per heavy atom. The minimum Gasteiger partial charge on any atom is -0.364 e. The van der Waals surface area contributed by atoms with E-state index in [1.807, 2.05) is 61.5 Å². The third-order valence-electron chi connectivity index (χ3n) is 4.69. The summed E-state index contributed by atoms with van der Waals surface area (Å²) in [6, 6.07) is 17.7. The smallest absolute Gasteiger partial charge is 0.287 e. The molecule has 0 spiro atoms. The Labute approximate surface area is 149 Å². The number of anilines is 1. The van der Waals surface area contributed by atoms with E-state index >= 15 is 0 Å². The summed E-state index contributed by atoms with van der Waals surface area (Å²) in [5, 5.41) is 3.09. The predicted octanol–water partition coefficient (Wildman–Crippen LogP) is 2.37. The first-order valence-electron chi connectivity index (χ1n) is 8.95. The zero-order valence-corrected chi connectivity index (χ0v) is 15.2. The number of nitrogens with one attached hydrogen (secondary N) is 2. The van der Waals surface area contributed by atoms with E-state index < -0.39 is 0 Å². The normalized spacial score (nSPS) is 24.5. The van der Waals surface area contributed by atoms with Gasteiger partial charge in [0.15, 0.2) is 6.04 Å². The molecule has 0 radical (unpaired) electrons. The van der Waals surface area contributed by atoms with Crippen LogP contribution in [0.25, 0.3) is 0 Å². The molecule has 1 fully saturated rings. The Morgan fingerprint density at radius 2 is 1.64 bits per heavy atom. The monoisotopic (exact) mass is 339 g/mol. The third-order valence-corrected chi connectivity index (χ3v) is 4.69. The van der Waals surface area contributed by atoms with E-state index in [2.05, 4.69) is 19.2 Å². The van der Waals surface area contributed by atoms with Gasteiger partial charge in [-0.05, 0) is 32.9 Å². The van der Waals surface area contributed by atoms with Gasteiger partial charge in [0.05, 0.1) is 0 Å². The fourth-order valence-electron chi connectivity index (χ4n) is 3.62. The SMILES string of the molecule is Cc1ccc(NC(=O)[C@@H](c2ccccc2)[NH+]2C[C@@H](C)O[C@@H](C)C2)cc1. The van der Waals surface area contributed by atoms with E-state index in [4.69, 9.17) is 4.74 Å². The molecule has 1 aliphatic heterocycles. The number of carbonyl (C=O) groups excluding carboxylic acids is 1. The molecule has 25 heavy (non-hydrogen) atoms. The summed E-state index contributed by atoms with van der Waals surface area (Å²) in [6.07, 6.45) is 0.300. The van der Waals surface area contributed by atoms with E-state index in [1.54, 1.807) is 0 Å². The highest BCUT2D eigenvalue weighted by molar-refractivity contribution is 5.94. The number of ether oxygens (including phenoxy) is 1. The highest BCUT2D eigenvalue weighted by Crippen LogP contribution is 2.16. The molecular formula is C21H27N2O2+. The molecule has 0 aromatic heterocycles. The Hall–Kier alpha value is -2.17. The molecule has 0 aliphatic carbocycles. The highest BCUT2D eigenvalue weighted by Gasteiger charge is 2.37. The van der Waals surface area contributed by atoms with Crippen LogP contribution in [0.4, 0.5) is 5.69 Å². The molecule has 1 heterocycles. The second-order valence-electron chi connectivity index (χ2n) is 7.02. The van der Waals surface area contributed by atoms with Crippen molar-refractivity contribution in [2.24, 2.45) is 0 Å². The topological polar surface area (TPSA) is 42.8 Å². The predicted molar refractivity (Wildman–Crippen MR) is 99.7 cm³/mol. The van der Waals surface area contributed by atoms with Gasteiger partial charge in [0, 0.05) is 11.3 Å². The minimum atomic E-state index is -0.240. The van der Waals surface area contributed by atoms with Crippen molar-refractivity contribution in [3.8, 4) is 0 Å². The quantitative estimate of drug-likeness (QED) is 0.898. The average molecular weight is 339 g/mol. The molecule has 2 aromatic carbocycles. The Bertz CT molecular complexity index is 690. The van der Waals surface area contributed by atoms with Gasteiger partial charge in [-0.3, -0.25) is 4.79 Å². The number of morpholine rings is 1. The van der Waals surface area contributed by atoms with Crippen LogP contribution in [0.2, 0.25) is 0 Å². The first-order chi connectivity index (χ1) is 12.0. The lowest BCUT2D eigenvalue weighted by atomic mass is 10.0. The van der Waals surface area contributed by atoms with Gasteiger partial charge in [0.2, 0.25) is 0 Å². The first kappa shape index (κ1) is 17.6. The van der Waals surface area contributed by atoms with Crippen molar-refractivity contribution in [1.29, 1.82) is 0 Å². The summed E-state index contributed by atoms with van der Waals surface area (Å²) >= 11 is 0. The van der Waals surface area contributed by atoms with Gasteiger partial charge in [-0.1, -0.05) is 48.0 Å².